The fourth-order valence-electron chi connectivity index (χ4n) is 3.23. The van der Waals surface area contributed by atoms with Crippen LogP contribution < -0.4 is 11.1 Å². The second kappa shape index (κ2) is 11.7. The molecule has 7 heteroatoms. The molecule has 0 spiro atoms. The molecule has 0 unspecified atom stereocenters. The summed E-state index contributed by atoms with van der Waals surface area (Å²) in [6.07, 6.45) is 1.79. The van der Waals surface area contributed by atoms with E-state index >= 15 is 0 Å². The van der Waals surface area contributed by atoms with Gasteiger partial charge < -0.3 is 16.0 Å². The predicted octanol–water partition coefficient (Wildman–Crippen LogP) is 3.99. The Kier molecular flexibility index (Phi) is 9.30. The second-order valence-electron chi connectivity index (χ2n) is 7.03. The van der Waals surface area contributed by atoms with Gasteiger partial charge in [0.25, 0.3) is 5.91 Å². The van der Waals surface area contributed by atoms with Crippen LogP contribution in [0, 0.1) is 0 Å². The minimum atomic E-state index is -0.0882. The van der Waals surface area contributed by atoms with Crippen LogP contribution in [0.25, 0.3) is 10.1 Å². The Labute approximate surface area is 187 Å². The number of hydrogen-bond donors (Lipinski definition) is 2. The highest BCUT2D eigenvalue weighted by molar-refractivity contribution is 7.20. The van der Waals surface area contributed by atoms with Gasteiger partial charge in [0.2, 0.25) is 5.91 Å². The standard InChI is InChI=1S/C23H27N3O2S.ClH/c1-17(27)26(13-4-5-18-8-10-19(16-24)11-9-18)14-12-25-23(28)22-15-20-6-2-3-7-21(20)29-22;/h2-3,6-11,15H,4-5,12-14,16,24H2,1H3,(H,25,28);1H. The number of nitrogens with two attached hydrogens (primary N) is 1. The van der Waals surface area contributed by atoms with Gasteiger partial charge in [0, 0.05) is 37.8 Å². The Bertz CT molecular complexity index is 939. The largest absolute Gasteiger partial charge is 0.350 e. The summed E-state index contributed by atoms with van der Waals surface area (Å²) < 4.78 is 1.10. The third kappa shape index (κ3) is 6.55. The van der Waals surface area contributed by atoms with Crippen LogP contribution in [0.1, 0.15) is 34.1 Å². The second-order valence-corrected chi connectivity index (χ2v) is 8.12. The topological polar surface area (TPSA) is 75.4 Å². The van der Waals surface area contributed by atoms with Gasteiger partial charge in [-0.25, -0.2) is 0 Å². The Morgan fingerprint density at radius 2 is 1.73 bits per heavy atom. The van der Waals surface area contributed by atoms with E-state index in [9.17, 15) is 9.59 Å². The maximum absolute atomic E-state index is 12.4. The van der Waals surface area contributed by atoms with Crippen LogP contribution in [0.4, 0.5) is 0 Å². The summed E-state index contributed by atoms with van der Waals surface area (Å²) in [6.45, 7) is 3.75. The third-order valence-electron chi connectivity index (χ3n) is 4.91. The zero-order valence-electron chi connectivity index (χ0n) is 17.1. The lowest BCUT2D eigenvalue weighted by Gasteiger charge is -2.21. The minimum absolute atomic E-state index is 0. The molecule has 5 nitrogen and oxygen atoms in total. The molecule has 1 heterocycles. The van der Waals surface area contributed by atoms with Crippen molar-refractivity contribution in [2.75, 3.05) is 19.6 Å². The van der Waals surface area contributed by atoms with Crippen molar-refractivity contribution in [1.29, 1.82) is 0 Å². The molecular weight excluding hydrogens is 418 g/mol. The van der Waals surface area contributed by atoms with Crippen LogP contribution in [-0.2, 0) is 17.8 Å². The molecule has 0 atom stereocenters. The summed E-state index contributed by atoms with van der Waals surface area (Å²) >= 11 is 1.48. The van der Waals surface area contributed by atoms with E-state index in [1.54, 1.807) is 11.8 Å². The van der Waals surface area contributed by atoms with E-state index in [4.69, 9.17) is 5.73 Å². The summed E-state index contributed by atoms with van der Waals surface area (Å²) in [5.74, 6) is -0.0608. The smallest absolute Gasteiger partial charge is 0.261 e. The third-order valence-corrected chi connectivity index (χ3v) is 6.03. The summed E-state index contributed by atoms with van der Waals surface area (Å²) in [4.78, 5) is 26.8. The fraction of sp³-hybridized carbons (Fsp3) is 0.304. The Balaban J connectivity index is 0.00000320. The maximum atomic E-state index is 12.4. The molecule has 0 bridgehead atoms. The number of fused-ring (bicyclic) bond motifs is 1. The first-order valence-corrected chi connectivity index (χ1v) is 10.7. The number of nitrogens with one attached hydrogen (secondary N) is 1. The van der Waals surface area contributed by atoms with E-state index in [2.05, 4.69) is 17.4 Å². The van der Waals surface area contributed by atoms with E-state index in [0.717, 1.165) is 28.5 Å². The van der Waals surface area contributed by atoms with Gasteiger partial charge in [0.05, 0.1) is 4.88 Å². The molecule has 2 amide bonds. The number of carbonyl (C=O) groups is 2. The highest BCUT2D eigenvalue weighted by atomic mass is 35.5. The Morgan fingerprint density at radius 3 is 2.40 bits per heavy atom. The van der Waals surface area contributed by atoms with Crippen LogP contribution in [0.15, 0.2) is 54.6 Å². The van der Waals surface area contributed by atoms with E-state index in [1.807, 2.05) is 42.5 Å². The van der Waals surface area contributed by atoms with Crippen molar-refractivity contribution >= 4 is 45.6 Å². The first kappa shape index (κ1) is 23.9. The van der Waals surface area contributed by atoms with Gasteiger partial charge in [-0.1, -0.05) is 42.5 Å². The Hall–Kier alpha value is -2.41. The van der Waals surface area contributed by atoms with Crippen molar-refractivity contribution < 1.29 is 9.59 Å². The molecule has 0 aliphatic heterocycles. The molecule has 0 saturated carbocycles. The zero-order valence-corrected chi connectivity index (χ0v) is 18.7. The molecule has 2 aromatic carbocycles. The normalized spacial score (nSPS) is 10.5. The molecule has 3 N–H and O–H groups in total. The van der Waals surface area contributed by atoms with Crippen LogP contribution >= 0.6 is 23.7 Å². The van der Waals surface area contributed by atoms with Gasteiger partial charge in [-0.3, -0.25) is 9.59 Å². The van der Waals surface area contributed by atoms with Gasteiger partial charge in [-0.2, -0.15) is 0 Å². The van der Waals surface area contributed by atoms with E-state index in [1.165, 1.54) is 16.9 Å². The number of carbonyl (C=O) groups excluding carboxylic acids is 2. The first-order valence-electron chi connectivity index (χ1n) is 9.87. The van der Waals surface area contributed by atoms with Gasteiger partial charge >= 0.3 is 0 Å². The fourth-order valence-corrected chi connectivity index (χ4v) is 4.21. The summed E-state index contributed by atoms with van der Waals surface area (Å²) in [5, 5.41) is 4.01. The van der Waals surface area contributed by atoms with Gasteiger partial charge in [-0.15, -0.1) is 23.7 Å². The van der Waals surface area contributed by atoms with Crippen LogP contribution in [-0.4, -0.2) is 36.3 Å². The SMILES string of the molecule is CC(=O)N(CCCc1ccc(CN)cc1)CCNC(=O)c1cc2ccccc2s1.Cl. The average Bonchev–Trinajstić information content (AvgIpc) is 3.17. The van der Waals surface area contributed by atoms with Crippen LogP contribution in [0.5, 0.6) is 0 Å². The molecule has 1 aromatic heterocycles. The molecule has 0 aliphatic rings. The number of rotatable bonds is 9. The number of amides is 2. The summed E-state index contributed by atoms with van der Waals surface area (Å²) in [5.41, 5.74) is 7.98. The minimum Gasteiger partial charge on any atom is -0.350 e. The number of nitrogens with zero attached hydrogens (tertiary/aromatic N) is 1. The van der Waals surface area contributed by atoms with Crippen molar-refractivity contribution in [3.05, 3.63) is 70.6 Å². The molecule has 160 valence electrons. The lowest BCUT2D eigenvalue weighted by Crippen LogP contribution is -2.38. The van der Waals surface area contributed by atoms with Crippen molar-refractivity contribution in [3.8, 4) is 0 Å². The number of halogens is 1. The maximum Gasteiger partial charge on any atom is 0.261 e. The molecule has 3 aromatic rings. The zero-order chi connectivity index (χ0) is 20.6. The molecule has 0 saturated heterocycles. The van der Waals surface area contributed by atoms with Crippen LogP contribution in [0.3, 0.4) is 0 Å². The molecule has 0 radical (unpaired) electrons. The lowest BCUT2D eigenvalue weighted by atomic mass is 10.1. The van der Waals surface area contributed by atoms with Crippen molar-refractivity contribution in [2.24, 2.45) is 5.73 Å². The van der Waals surface area contributed by atoms with E-state index in [0.29, 0.717) is 31.1 Å². The molecular formula is C23H28ClN3O2S. The molecule has 30 heavy (non-hydrogen) atoms. The van der Waals surface area contributed by atoms with Gasteiger partial charge in [0.1, 0.15) is 0 Å². The van der Waals surface area contributed by atoms with Crippen LogP contribution in [0.2, 0.25) is 0 Å². The van der Waals surface area contributed by atoms with Crippen molar-refractivity contribution in [1.82, 2.24) is 10.2 Å². The van der Waals surface area contributed by atoms with E-state index < -0.39 is 0 Å². The van der Waals surface area contributed by atoms with Gasteiger partial charge in [-0.05, 0) is 41.5 Å². The lowest BCUT2D eigenvalue weighted by molar-refractivity contribution is -0.128. The Morgan fingerprint density at radius 1 is 1.03 bits per heavy atom. The molecule has 0 aliphatic carbocycles. The number of thiophene rings is 1. The summed E-state index contributed by atoms with van der Waals surface area (Å²) in [6, 6.07) is 18.1. The number of aryl methyl sites for hydroxylation is 1. The van der Waals surface area contributed by atoms with Gasteiger partial charge in [0.15, 0.2) is 0 Å². The first-order chi connectivity index (χ1) is 14.1. The summed E-state index contributed by atoms with van der Waals surface area (Å²) in [7, 11) is 0. The van der Waals surface area contributed by atoms with E-state index in [-0.39, 0.29) is 24.2 Å². The monoisotopic (exact) mass is 445 g/mol. The van der Waals surface area contributed by atoms with Crippen molar-refractivity contribution in [2.45, 2.75) is 26.3 Å². The predicted molar refractivity (Wildman–Crippen MR) is 126 cm³/mol. The highest BCUT2D eigenvalue weighted by Gasteiger charge is 2.12. The van der Waals surface area contributed by atoms with Crippen molar-refractivity contribution in [3.63, 3.8) is 0 Å². The highest BCUT2D eigenvalue weighted by Crippen LogP contribution is 2.24. The molecule has 0 fully saturated rings. The quantitative estimate of drug-likeness (QED) is 0.522. The average molecular weight is 446 g/mol. The molecule has 3 rings (SSSR count). The number of benzene rings is 2. The number of hydrogen-bond acceptors (Lipinski definition) is 4.